The van der Waals surface area contributed by atoms with Crippen molar-refractivity contribution in [2.45, 2.75) is 6.92 Å². The molecule has 0 aromatic carbocycles. The third-order valence-corrected chi connectivity index (χ3v) is 1.86. The summed E-state index contributed by atoms with van der Waals surface area (Å²) in [7, 11) is 0. The van der Waals surface area contributed by atoms with Crippen molar-refractivity contribution in [3.63, 3.8) is 0 Å². The van der Waals surface area contributed by atoms with Crippen molar-refractivity contribution in [1.29, 1.82) is 0 Å². The number of aromatic nitrogens is 1. The molecule has 1 heterocycles. The first-order valence-corrected chi connectivity index (χ1v) is 3.54. The molecule has 3 heteroatoms. The lowest BCUT2D eigenvalue weighted by atomic mass is 10.5. The van der Waals surface area contributed by atoms with Crippen LogP contribution in [-0.2, 0) is 0 Å². The van der Waals surface area contributed by atoms with Crippen molar-refractivity contribution < 1.29 is 0 Å². The summed E-state index contributed by atoms with van der Waals surface area (Å²) in [4.78, 5) is 4.06. The fourth-order valence-electron chi connectivity index (χ4n) is 0.605. The topological polar surface area (TPSA) is 38.9 Å². The summed E-state index contributed by atoms with van der Waals surface area (Å²) in [5.74, 6) is 0. The number of hydrogen-bond acceptors (Lipinski definition) is 3. The summed E-state index contributed by atoms with van der Waals surface area (Å²) in [6.07, 6.45) is 3.52. The summed E-state index contributed by atoms with van der Waals surface area (Å²) in [5.41, 5.74) is 7.08. The Kier molecular flexibility index (Phi) is 1.85. The largest absolute Gasteiger partial charge is 0.403 e. The molecular formula is C6H8N2S. The lowest BCUT2D eigenvalue weighted by Gasteiger charge is -1.69. The van der Waals surface area contributed by atoms with Gasteiger partial charge in [0.1, 0.15) is 0 Å². The van der Waals surface area contributed by atoms with Crippen LogP contribution in [0.15, 0.2) is 5.51 Å². The van der Waals surface area contributed by atoms with Crippen LogP contribution in [0.3, 0.4) is 0 Å². The molecule has 48 valence electrons. The molecule has 1 rings (SSSR count). The highest BCUT2D eigenvalue weighted by molar-refractivity contribution is 7.07. The van der Waals surface area contributed by atoms with Crippen molar-refractivity contribution >= 4 is 23.6 Å². The minimum atomic E-state index is 0.975. The van der Waals surface area contributed by atoms with E-state index in [0.29, 0.717) is 0 Å². The molecule has 0 unspecified atom stereocenters. The Morgan fingerprint density at radius 1 is 1.78 bits per heavy atom. The molecule has 0 saturated heterocycles. The predicted molar refractivity (Wildman–Crippen MR) is 40.2 cm³/mol. The monoisotopic (exact) mass is 140 g/mol. The van der Waals surface area contributed by atoms with Crippen molar-refractivity contribution in [3.8, 4) is 0 Å². The minimum absolute atomic E-state index is 0.975. The zero-order chi connectivity index (χ0) is 6.69. The van der Waals surface area contributed by atoms with Crippen LogP contribution in [0.25, 0.3) is 12.3 Å². The molecule has 0 spiro atoms. The molecule has 0 aliphatic rings. The summed E-state index contributed by atoms with van der Waals surface area (Å²) in [5, 5.41) is 0.975. The molecule has 2 N–H and O–H groups in total. The molecule has 1 aromatic heterocycles. The highest BCUT2D eigenvalue weighted by atomic mass is 32.1. The molecule has 0 amide bonds. The third-order valence-electron chi connectivity index (χ3n) is 1.05. The van der Waals surface area contributed by atoms with Crippen LogP contribution in [0.2, 0.25) is 0 Å². The van der Waals surface area contributed by atoms with Gasteiger partial charge < -0.3 is 5.73 Å². The van der Waals surface area contributed by atoms with Gasteiger partial charge in [-0.15, -0.1) is 11.3 Å². The van der Waals surface area contributed by atoms with Gasteiger partial charge in [0, 0.05) is 6.20 Å². The minimum Gasteiger partial charge on any atom is -0.403 e. The van der Waals surface area contributed by atoms with E-state index in [0.717, 1.165) is 9.88 Å². The van der Waals surface area contributed by atoms with Crippen LogP contribution < -0.4 is 15.6 Å². The van der Waals surface area contributed by atoms with Crippen LogP contribution in [0.1, 0.15) is 6.92 Å². The first kappa shape index (κ1) is 6.29. The van der Waals surface area contributed by atoms with Crippen molar-refractivity contribution in [1.82, 2.24) is 4.98 Å². The van der Waals surface area contributed by atoms with Gasteiger partial charge in [-0.1, -0.05) is 6.08 Å². The zero-order valence-corrected chi connectivity index (χ0v) is 5.98. The Bertz CT molecular complexity index is 258. The van der Waals surface area contributed by atoms with Crippen LogP contribution in [0.5, 0.6) is 0 Å². The smallest absolute Gasteiger partial charge is 0.0805 e. The summed E-state index contributed by atoms with van der Waals surface area (Å²) >= 11 is 1.55. The number of nitrogens with zero attached hydrogens (tertiary/aromatic N) is 1. The molecule has 2 nitrogen and oxygen atoms in total. The quantitative estimate of drug-likeness (QED) is 0.534. The van der Waals surface area contributed by atoms with Crippen molar-refractivity contribution in [3.05, 3.63) is 15.4 Å². The fraction of sp³-hybridized carbons (Fsp3) is 0.167. The summed E-state index contributed by atoms with van der Waals surface area (Å²) < 4.78 is 1.04. The van der Waals surface area contributed by atoms with Gasteiger partial charge in [0.2, 0.25) is 0 Å². The average Bonchev–Trinajstić information content (AvgIpc) is 2.33. The fourth-order valence-corrected chi connectivity index (χ4v) is 1.26. The van der Waals surface area contributed by atoms with E-state index in [4.69, 9.17) is 5.73 Å². The van der Waals surface area contributed by atoms with Gasteiger partial charge >= 0.3 is 0 Å². The van der Waals surface area contributed by atoms with Crippen molar-refractivity contribution in [2.24, 2.45) is 5.73 Å². The third kappa shape index (κ3) is 1.10. The molecule has 0 atom stereocenters. The molecular weight excluding hydrogens is 132 g/mol. The SMILES string of the molecule is C/C=c1/ncs/c1=C/N. The number of rotatable bonds is 0. The molecule has 0 fully saturated rings. The standard InChI is InChI=1S/C6H8N2S/c1-2-5-6(3-7)9-4-8-5/h2-4H,7H2,1H3/b5-2+,6-3+. The van der Waals surface area contributed by atoms with E-state index in [1.54, 1.807) is 23.0 Å². The van der Waals surface area contributed by atoms with Gasteiger partial charge in [-0.3, -0.25) is 0 Å². The Morgan fingerprint density at radius 3 is 3.00 bits per heavy atom. The second-order valence-corrected chi connectivity index (χ2v) is 2.44. The maximum atomic E-state index is 5.30. The molecule has 0 bridgehead atoms. The van der Waals surface area contributed by atoms with Gasteiger partial charge in [-0.05, 0) is 6.92 Å². The highest BCUT2D eigenvalue weighted by Crippen LogP contribution is 1.73. The molecule has 9 heavy (non-hydrogen) atoms. The second-order valence-electron chi connectivity index (χ2n) is 1.56. The number of hydrogen-bond donors (Lipinski definition) is 1. The highest BCUT2D eigenvalue weighted by Gasteiger charge is 1.81. The second kappa shape index (κ2) is 2.64. The Morgan fingerprint density at radius 2 is 2.56 bits per heavy atom. The normalized spacial score (nSPS) is 14.8. The maximum absolute atomic E-state index is 5.30. The van der Waals surface area contributed by atoms with E-state index < -0.39 is 0 Å². The molecule has 0 aliphatic heterocycles. The van der Waals surface area contributed by atoms with Gasteiger partial charge in [-0.25, -0.2) is 4.98 Å². The van der Waals surface area contributed by atoms with E-state index >= 15 is 0 Å². The average molecular weight is 140 g/mol. The van der Waals surface area contributed by atoms with Crippen LogP contribution in [-0.4, -0.2) is 4.98 Å². The summed E-state index contributed by atoms with van der Waals surface area (Å²) in [6.45, 7) is 1.95. The van der Waals surface area contributed by atoms with Crippen LogP contribution in [0.4, 0.5) is 0 Å². The molecule has 0 aliphatic carbocycles. The number of thiazole rings is 1. The van der Waals surface area contributed by atoms with E-state index in [-0.39, 0.29) is 0 Å². The van der Waals surface area contributed by atoms with E-state index in [9.17, 15) is 0 Å². The van der Waals surface area contributed by atoms with Gasteiger partial charge in [-0.2, -0.15) is 0 Å². The Hall–Kier alpha value is -0.830. The first-order chi connectivity index (χ1) is 4.38. The van der Waals surface area contributed by atoms with E-state index in [2.05, 4.69) is 4.98 Å². The lowest BCUT2D eigenvalue weighted by Crippen LogP contribution is -2.21. The van der Waals surface area contributed by atoms with Gasteiger partial charge in [0.15, 0.2) is 0 Å². The molecule has 0 saturated carbocycles. The van der Waals surface area contributed by atoms with Crippen LogP contribution >= 0.6 is 11.3 Å². The predicted octanol–water partition coefficient (Wildman–Crippen LogP) is -0.360. The molecule has 1 aromatic rings. The number of nitrogens with two attached hydrogens (primary N) is 1. The zero-order valence-electron chi connectivity index (χ0n) is 5.16. The summed E-state index contributed by atoms with van der Waals surface area (Å²) in [6, 6.07) is 0. The van der Waals surface area contributed by atoms with Crippen molar-refractivity contribution in [2.75, 3.05) is 0 Å². The maximum Gasteiger partial charge on any atom is 0.0805 e. The first-order valence-electron chi connectivity index (χ1n) is 2.66. The van der Waals surface area contributed by atoms with E-state index in [1.807, 2.05) is 13.0 Å². The Balaban J connectivity index is 3.50. The van der Waals surface area contributed by atoms with Gasteiger partial charge in [0.05, 0.1) is 15.4 Å². The Labute approximate surface area is 57.3 Å². The van der Waals surface area contributed by atoms with Gasteiger partial charge in [0.25, 0.3) is 0 Å². The lowest BCUT2D eigenvalue weighted by molar-refractivity contribution is 1.31. The van der Waals surface area contributed by atoms with Crippen LogP contribution in [0, 0.1) is 0 Å². The molecule has 0 radical (unpaired) electrons. The van der Waals surface area contributed by atoms with E-state index in [1.165, 1.54) is 0 Å².